The molecule has 0 aromatic carbocycles. The van der Waals surface area contributed by atoms with Gasteiger partial charge in [0, 0.05) is 5.55 Å². The van der Waals surface area contributed by atoms with Crippen LogP contribution in [0.3, 0.4) is 0 Å². The molecule has 2 heteroatoms. The molecule has 0 saturated heterocycles. The standard InChI is InChI=1S/C11H23NS/c1-10(2,3)8-13(7)9-12-11(4,5)6/h9H,7-8H2,1-6H3/b12-9-. The minimum Gasteiger partial charge on any atom is -0.281 e. The van der Waals surface area contributed by atoms with Crippen molar-refractivity contribution < 1.29 is 0 Å². The molecule has 0 radical (unpaired) electrons. The van der Waals surface area contributed by atoms with Crippen molar-refractivity contribution in [1.82, 2.24) is 0 Å². The molecule has 1 unspecified atom stereocenters. The summed E-state index contributed by atoms with van der Waals surface area (Å²) in [7, 11) is 0.0724. The van der Waals surface area contributed by atoms with Gasteiger partial charge in [0.15, 0.2) is 0 Å². The first-order valence-electron chi connectivity index (χ1n) is 4.65. The summed E-state index contributed by atoms with van der Waals surface area (Å²) in [4.78, 5) is 4.47. The zero-order valence-corrected chi connectivity index (χ0v) is 10.7. The fourth-order valence-corrected chi connectivity index (χ4v) is 2.48. The third-order valence-electron chi connectivity index (χ3n) is 1.21. The first-order valence-corrected chi connectivity index (χ1v) is 6.27. The van der Waals surface area contributed by atoms with E-state index in [-0.39, 0.29) is 16.0 Å². The van der Waals surface area contributed by atoms with Crippen LogP contribution < -0.4 is 0 Å². The van der Waals surface area contributed by atoms with Crippen LogP contribution in [0.25, 0.3) is 0 Å². The summed E-state index contributed by atoms with van der Waals surface area (Å²) in [6, 6.07) is 0. The van der Waals surface area contributed by atoms with E-state index in [1.165, 1.54) is 0 Å². The van der Waals surface area contributed by atoms with Crippen molar-refractivity contribution in [3.8, 4) is 0 Å². The zero-order chi connectivity index (χ0) is 10.7. The molecule has 0 heterocycles. The lowest BCUT2D eigenvalue weighted by Crippen LogP contribution is -2.12. The monoisotopic (exact) mass is 201 g/mol. The van der Waals surface area contributed by atoms with Gasteiger partial charge in [0.2, 0.25) is 0 Å². The van der Waals surface area contributed by atoms with Crippen LogP contribution in [0, 0.1) is 5.41 Å². The Morgan fingerprint density at radius 1 is 1.15 bits per heavy atom. The lowest BCUT2D eigenvalue weighted by Gasteiger charge is -2.19. The van der Waals surface area contributed by atoms with E-state index >= 15 is 0 Å². The summed E-state index contributed by atoms with van der Waals surface area (Å²) in [6.45, 7) is 13.0. The van der Waals surface area contributed by atoms with Gasteiger partial charge in [-0.1, -0.05) is 26.6 Å². The topological polar surface area (TPSA) is 12.4 Å². The second-order valence-electron chi connectivity index (χ2n) is 5.65. The summed E-state index contributed by atoms with van der Waals surface area (Å²) in [6.07, 6.45) is 0. The third-order valence-corrected chi connectivity index (χ3v) is 2.85. The fourth-order valence-electron chi connectivity index (χ4n) is 0.826. The molecule has 0 bridgehead atoms. The number of hydrogen-bond acceptors (Lipinski definition) is 1. The van der Waals surface area contributed by atoms with Gasteiger partial charge in [0.25, 0.3) is 0 Å². The van der Waals surface area contributed by atoms with Gasteiger partial charge in [0.1, 0.15) is 0 Å². The van der Waals surface area contributed by atoms with Crippen molar-refractivity contribution in [2.45, 2.75) is 47.1 Å². The molecule has 1 atom stereocenters. The number of rotatable bonds is 2. The zero-order valence-electron chi connectivity index (χ0n) is 9.85. The van der Waals surface area contributed by atoms with Crippen LogP contribution in [0.2, 0.25) is 0 Å². The Kier molecular flexibility index (Phi) is 4.37. The molecule has 13 heavy (non-hydrogen) atoms. The molecule has 0 N–H and O–H groups in total. The molecule has 0 fully saturated rings. The highest BCUT2D eigenvalue weighted by molar-refractivity contribution is 8.25. The quantitative estimate of drug-likeness (QED) is 0.368. The molecule has 0 spiro atoms. The maximum absolute atomic E-state index is 4.47. The number of hydrogen-bond donors (Lipinski definition) is 0. The molecule has 0 amide bonds. The van der Waals surface area contributed by atoms with E-state index in [4.69, 9.17) is 0 Å². The van der Waals surface area contributed by atoms with Crippen LogP contribution in [-0.4, -0.2) is 22.7 Å². The van der Waals surface area contributed by atoms with Gasteiger partial charge < -0.3 is 0 Å². The molecule has 0 aliphatic rings. The van der Waals surface area contributed by atoms with E-state index in [0.29, 0.717) is 5.41 Å². The van der Waals surface area contributed by atoms with E-state index in [9.17, 15) is 0 Å². The summed E-state index contributed by atoms with van der Waals surface area (Å²) in [5.74, 6) is 5.22. The lowest BCUT2D eigenvalue weighted by atomic mass is 10.0. The van der Waals surface area contributed by atoms with E-state index < -0.39 is 0 Å². The van der Waals surface area contributed by atoms with E-state index in [0.717, 1.165) is 5.75 Å². The molecule has 0 aromatic heterocycles. The van der Waals surface area contributed by atoms with Crippen molar-refractivity contribution in [2.75, 3.05) is 5.75 Å². The molecule has 0 aliphatic heterocycles. The Morgan fingerprint density at radius 3 is 1.92 bits per heavy atom. The lowest BCUT2D eigenvalue weighted by molar-refractivity contribution is 0.481. The Hall–Kier alpha value is -0.110. The second-order valence-corrected chi connectivity index (χ2v) is 7.22. The third kappa shape index (κ3) is 9.81. The highest BCUT2D eigenvalue weighted by atomic mass is 32.2. The molecule has 0 saturated carbocycles. The molecular formula is C11H23NS. The Balaban J connectivity index is 4.11. The number of aliphatic imine (C=N–C) groups is 1. The van der Waals surface area contributed by atoms with Crippen molar-refractivity contribution in [1.29, 1.82) is 0 Å². The minimum absolute atomic E-state index is 0.0425. The van der Waals surface area contributed by atoms with Crippen LogP contribution in [0.5, 0.6) is 0 Å². The molecule has 78 valence electrons. The fraction of sp³-hybridized carbons (Fsp3) is 0.818. The normalized spacial score (nSPS) is 16.5. The summed E-state index contributed by atoms with van der Waals surface area (Å²) in [5, 5.41) is 0. The molecule has 0 aromatic rings. The molecule has 0 aliphatic carbocycles. The Morgan fingerprint density at radius 2 is 1.62 bits per heavy atom. The Bertz CT molecular complexity index is 203. The van der Waals surface area contributed by atoms with Gasteiger partial charge >= 0.3 is 0 Å². The average Bonchev–Trinajstić information content (AvgIpc) is 1.78. The van der Waals surface area contributed by atoms with Gasteiger partial charge in [0.05, 0.1) is 5.54 Å². The van der Waals surface area contributed by atoms with Gasteiger partial charge in [-0.25, -0.2) is 0 Å². The highest BCUT2D eigenvalue weighted by Gasteiger charge is 2.11. The van der Waals surface area contributed by atoms with Gasteiger partial charge in [-0.3, -0.25) is 4.99 Å². The Labute approximate surface area is 85.6 Å². The van der Waals surface area contributed by atoms with Crippen molar-refractivity contribution >= 4 is 21.9 Å². The van der Waals surface area contributed by atoms with Crippen LogP contribution in [0.15, 0.2) is 4.99 Å². The smallest absolute Gasteiger partial charge is 0.0530 e. The first-order chi connectivity index (χ1) is 5.60. The molecular weight excluding hydrogens is 178 g/mol. The largest absolute Gasteiger partial charge is 0.281 e. The van der Waals surface area contributed by atoms with Crippen LogP contribution >= 0.6 is 10.5 Å². The van der Waals surface area contributed by atoms with E-state index in [2.05, 4.69) is 52.4 Å². The minimum atomic E-state index is 0.0425. The van der Waals surface area contributed by atoms with Crippen molar-refractivity contribution in [2.24, 2.45) is 10.4 Å². The maximum Gasteiger partial charge on any atom is 0.0530 e. The summed E-state index contributed by atoms with van der Waals surface area (Å²) < 4.78 is 0. The first kappa shape index (κ1) is 12.9. The summed E-state index contributed by atoms with van der Waals surface area (Å²) >= 11 is 0. The summed E-state index contributed by atoms with van der Waals surface area (Å²) in [5.41, 5.74) is 2.42. The van der Waals surface area contributed by atoms with Crippen LogP contribution in [0.1, 0.15) is 41.5 Å². The maximum atomic E-state index is 4.47. The second kappa shape index (κ2) is 4.41. The van der Waals surface area contributed by atoms with Crippen LogP contribution in [0.4, 0.5) is 0 Å². The predicted octanol–water partition coefficient (Wildman–Crippen LogP) is 3.56. The van der Waals surface area contributed by atoms with E-state index in [1.807, 2.05) is 5.55 Å². The van der Waals surface area contributed by atoms with Gasteiger partial charge in [-0.2, -0.15) is 10.5 Å². The number of nitrogens with zero attached hydrogens (tertiary/aromatic N) is 1. The average molecular weight is 201 g/mol. The molecule has 0 rings (SSSR count). The van der Waals surface area contributed by atoms with Crippen molar-refractivity contribution in [3.05, 3.63) is 0 Å². The van der Waals surface area contributed by atoms with Gasteiger partial charge in [-0.15, -0.1) is 0 Å². The SMILES string of the molecule is C=S(/C=N\C(C)(C)C)CC(C)(C)C. The molecule has 1 nitrogen and oxygen atoms in total. The van der Waals surface area contributed by atoms with Crippen molar-refractivity contribution in [3.63, 3.8) is 0 Å². The van der Waals surface area contributed by atoms with Crippen LogP contribution in [-0.2, 0) is 0 Å². The van der Waals surface area contributed by atoms with E-state index in [1.54, 1.807) is 0 Å². The predicted molar refractivity (Wildman–Crippen MR) is 67.3 cm³/mol. The van der Waals surface area contributed by atoms with Gasteiger partial charge in [-0.05, 0) is 31.9 Å². The highest BCUT2D eigenvalue weighted by Crippen LogP contribution is 2.23.